The van der Waals surface area contributed by atoms with Crippen LogP contribution in [0.5, 0.6) is 0 Å². The molecule has 0 aromatic heterocycles. The number of rotatable bonds is 6. The van der Waals surface area contributed by atoms with Gasteiger partial charge in [-0.15, -0.1) is 0 Å². The Labute approximate surface area is 99.8 Å². The lowest BCUT2D eigenvalue weighted by Crippen LogP contribution is -2.52. The lowest BCUT2D eigenvalue weighted by Gasteiger charge is -2.36. The van der Waals surface area contributed by atoms with E-state index in [9.17, 15) is 9.90 Å². The Morgan fingerprint density at radius 3 is 1.75 bits per heavy atom. The zero-order chi connectivity index (χ0) is 13.0. The molecule has 0 heterocycles. The summed E-state index contributed by atoms with van der Waals surface area (Å²) in [4.78, 5) is 14.1. The third-order valence-corrected chi connectivity index (χ3v) is 3.12. The molecule has 0 aromatic carbocycles. The molecule has 0 aromatic rings. The molecule has 0 saturated carbocycles. The fraction of sp³-hybridized carbons (Fsp3) is 0.923. The summed E-state index contributed by atoms with van der Waals surface area (Å²) in [6.07, 6.45) is -0.595. The Morgan fingerprint density at radius 2 is 1.50 bits per heavy atom. The summed E-state index contributed by atoms with van der Waals surface area (Å²) in [5, 5.41) is 10.2. The molecular weight excluding hydrogens is 202 g/mol. The molecule has 1 N–H and O–H groups in total. The van der Waals surface area contributed by atoms with Crippen molar-refractivity contribution < 1.29 is 9.90 Å². The van der Waals surface area contributed by atoms with Crippen LogP contribution in [0.3, 0.4) is 0 Å². The summed E-state index contributed by atoms with van der Waals surface area (Å²) >= 11 is 0. The van der Waals surface area contributed by atoms with Crippen LogP contribution in [-0.4, -0.2) is 41.0 Å². The predicted octanol–water partition coefficient (Wildman–Crippen LogP) is 1.94. The van der Waals surface area contributed by atoms with Crippen molar-refractivity contribution in [2.75, 3.05) is 7.05 Å². The number of Topliss-reactive ketones (excluding diaryl/α,β-unsaturated/α-hetero) is 1. The van der Waals surface area contributed by atoms with E-state index in [1.165, 1.54) is 0 Å². The summed E-state index contributed by atoms with van der Waals surface area (Å²) < 4.78 is 0. The first-order chi connectivity index (χ1) is 7.20. The monoisotopic (exact) mass is 229 g/mol. The van der Waals surface area contributed by atoms with E-state index in [1.807, 2.05) is 53.5 Å². The van der Waals surface area contributed by atoms with E-state index in [-0.39, 0.29) is 29.7 Å². The van der Waals surface area contributed by atoms with Gasteiger partial charge in [-0.1, -0.05) is 27.7 Å². The van der Waals surface area contributed by atoms with Gasteiger partial charge in [0.05, 0.1) is 12.1 Å². The smallest absolute Gasteiger partial charge is 0.155 e. The summed E-state index contributed by atoms with van der Waals surface area (Å²) in [6, 6.07) is -0.138. The minimum atomic E-state index is -0.595. The first-order valence-corrected chi connectivity index (χ1v) is 6.13. The zero-order valence-electron chi connectivity index (χ0n) is 11.7. The highest BCUT2D eigenvalue weighted by Gasteiger charge is 2.34. The van der Waals surface area contributed by atoms with Gasteiger partial charge in [-0.3, -0.25) is 9.69 Å². The second-order valence-electron chi connectivity index (χ2n) is 5.50. The van der Waals surface area contributed by atoms with E-state index in [0.29, 0.717) is 0 Å². The predicted molar refractivity (Wildman–Crippen MR) is 67.4 cm³/mol. The zero-order valence-corrected chi connectivity index (χ0v) is 11.7. The van der Waals surface area contributed by atoms with Gasteiger partial charge in [0.2, 0.25) is 0 Å². The van der Waals surface area contributed by atoms with Gasteiger partial charge in [0.15, 0.2) is 5.78 Å². The summed E-state index contributed by atoms with van der Waals surface area (Å²) in [5.41, 5.74) is 0. The van der Waals surface area contributed by atoms with Gasteiger partial charge in [-0.05, 0) is 26.8 Å². The van der Waals surface area contributed by atoms with Gasteiger partial charge >= 0.3 is 0 Å². The Morgan fingerprint density at radius 1 is 1.06 bits per heavy atom. The molecule has 0 aliphatic carbocycles. The Hall–Kier alpha value is -0.410. The molecule has 96 valence electrons. The maximum Gasteiger partial charge on any atom is 0.155 e. The highest BCUT2D eigenvalue weighted by Crippen LogP contribution is 2.18. The van der Waals surface area contributed by atoms with Gasteiger partial charge in [-0.2, -0.15) is 0 Å². The molecule has 3 nitrogen and oxygen atoms in total. The second kappa shape index (κ2) is 6.36. The van der Waals surface area contributed by atoms with Crippen molar-refractivity contribution in [2.24, 2.45) is 11.8 Å². The summed E-state index contributed by atoms with van der Waals surface area (Å²) in [7, 11) is 1.90. The van der Waals surface area contributed by atoms with Gasteiger partial charge in [0.25, 0.3) is 0 Å². The fourth-order valence-corrected chi connectivity index (χ4v) is 1.64. The molecule has 16 heavy (non-hydrogen) atoms. The molecule has 1 unspecified atom stereocenters. The van der Waals surface area contributed by atoms with Crippen LogP contribution in [0.1, 0.15) is 41.5 Å². The SMILES string of the molecule is CC(C)C(=O)C([C@H](O)C(C)C)N(C)C(C)C. The fourth-order valence-electron chi connectivity index (χ4n) is 1.64. The van der Waals surface area contributed by atoms with E-state index >= 15 is 0 Å². The first-order valence-electron chi connectivity index (χ1n) is 6.13. The van der Waals surface area contributed by atoms with Crippen LogP contribution >= 0.6 is 0 Å². The van der Waals surface area contributed by atoms with Gasteiger partial charge < -0.3 is 5.11 Å². The number of hydrogen-bond acceptors (Lipinski definition) is 3. The van der Waals surface area contributed by atoms with Crippen LogP contribution in [0.4, 0.5) is 0 Å². The van der Waals surface area contributed by atoms with E-state index in [2.05, 4.69) is 0 Å². The number of aliphatic hydroxyl groups is 1. The maximum absolute atomic E-state index is 12.1. The molecule has 0 fully saturated rings. The molecule has 0 aliphatic heterocycles. The molecule has 3 heteroatoms. The number of aliphatic hydroxyl groups excluding tert-OH is 1. The van der Waals surface area contributed by atoms with Crippen molar-refractivity contribution in [1.29, 1.82) is 0 Å². The van der Waals surface area contributed by atoms with Crippen molar-refractivity contribution in [3.63, 3.8) is 0 Å². The highest BCUT2D eigenvalue weighted by atomic mass is 16.3. The number of likely N-dealkylation sites (N-methyl/N-ethyl adjacent to an activating group) is 1. The molecular formula is C13H27NO2. The first kappa shape index (κ1) is 15.6. The molecule has 0 saturated heterocycles. The molecule has 0 bridgehead atoms. The Balaban J connectivity index is 4.97. The molecule has 0 aliphatic rings. The van der Waals surface area contributed by atoms with Crippen LogP contribution in [-0.2, 0) is 4.79 Å². The van der Waals surface area contributed by atoms with Crippen molar-refractivity contribution in [2.45, 2.75) is 59.7 Å². The molecule has 0 spiro atoms. The van der Waals surface area contributed by atoms with Crippen molar-refractivity contribution in [1.82, 2.24) is 4.90 Å². The van der Waals surface area contributed by atoms with Crippen LogP contribution in [0.15, 0.2) is 0 Å². The van der Waals surface area contributed by atoms with Gasteiger partial charge in [0, 0.05) is 12.0 Å². The second-order valence-corrected chi connectivity index (χ2v) is 5.50. The summed E-state index contributed by atoms with van der Waals surface area (Å²) in [6.45, 7) is 11.7. The number of nitrogens with zero attached hydrogens (tertiary/aromatic N) is 1. The lowest BCUT2D eigenvalue weighted by molar-refractivity contribution is -0.133. The van der Waals surface area contributed by atoms with Crippen LogP contribution < -0.4 is 0 Å². The van der Waals surface area contributed by atoms with Gasteiger partial charge in [0.1, 0.15) is 0 Å². The van der Waals surface area contributed by atoms with Crippen LogP contribution in [0.25, 0.3) is 0 Å². The van der Waals surface area contributed by atoms with Gasteiger partial charge in [-0.25, -0.2) is 0 Å². The third-order valence-electron chi connectivity index (χ3n) is 3.12. The number of carbonyl (C=O) groups excluding carboxylic acids is 1. The minimum Gasteiger partial charge on any atom is -0.391 e. The average molecular weight is 229 g/mol. The standard InChI is InChI=1S/C13H27NO2/c1-8(2)12(15)11(13(16)9(3)4)14(7)10(5)6/h8-12,15H,1-7H3/t11?,12-/m1/s1. The maximum atomic E-state index is 12.1. The quantitative estimate of drug-likeness (QED) is 0.756. The highest BCUT2D eigenvalue weighted by molar-refractivity contribution is 5.86. The van der Waals surface area contributed by atoms with E-state index in [0.717, 1.165) is 0 Å². The van der Waals surface area contributed by atoms with Crippen molar-refractivity contribution in [3.8, 4) is 0 Å². The Kier molecular flexibility index (Phi) is 6.19. The number of carbonyl (C=O) groups is 1. The number of ketones is 1. The average Bonchev–Trinajstić information content (AvgIpc) is 2.16. The molecule has 2 atom stereocenters. The normalized spacial score (nSPS) is 16.2. The molecule has 0 amide bonds. The van der Waals surface area contributed by atoms with E-state index < -0.39 is 6.10 Å². The van der Waals surface area contributed by atoms with E-state index in [4.69, 9.17) is 0 Å². The number of hydrogen-bond donors (Lipinski definition) is 1. The van der Waals surface area contributed by atoms with Crippen LogP contribution in [0, 0.1) is 11.8 Å². The van der Waals surface area contributed by atoms with Crippen molar-refractivity contribution in [3.05, 3.63) is 0 Å². The largest absolute Gasteiger partial charge is 0.391 e. The summed E-state index contributed by atoms with van der Waals surface area (Å²) in [5.74, 6) is 0.172. The van der Waals surface area contributed by atoms with Crippen LogP contribution in [0.2, 0.25) is 0 Å². The molecule has 0 rings (SSSR count). The Bertz CT molecular complexity index is 210. The minimum absolute atomic E-state index is 0.0420. The van der Waals surface area contributed by atoms with E-state index in [1.54, 1.807) is 0 Å². The third kappa shape index (κ3) is 3.87. The lowest BCUT2D eigenvalue weighted by atomic mass is 9.90. The van der Waals surface area contributed by atoms with Crippen molar-refractivity contribution >= 4 is 5.78 Å². The molecule has 0 radical (unpaired) electrons. The topological polar surface area (TPSA) is 40.5 Å².